The molecule has 0 unspecified atom stereocenters. The van der Waals surface area contributed by atoms with E-state index in [1.54, 1.807) is 24.6 Å². The van der Waals surface area contributed by atoms with Crippen LogP contribution in [0.5, 0.6) is 5.75 Å². The molecule has 0 amide bonds. The molecule has 6 nitrogen and oxygen atoms in total. The van der Waals surface area contributed by atoms with Crippen LogP contribution < -0.4 is 10.5 Å². The normalized spacial score (nSPS) is 11.0. The van der Waals surface area contributed by atoms with Crippen molar-refractivity contribution >= 4 is 22.2 Å². The van der Waals surface area contributed by atoms with Gasteiger partial charge in [0.2, 0.25) is 5.95 Å². The fourth-order valence-corrected chi connectivity index (χ4v) is 3.22. The number of rotatable bonds is 3. The zero-order valence-corrected chi connectivity index (χ0v) is 13.1. The van der Waals surface area contributed by atoms with Crippen molar-refractivity contribution in [1.29, 1.82) is 0 Å². The highest BCUT2D eigenvalue weighted by atomic mass is 32.1. The van der Waals surface area contributed by atoms with E-state index in [2.05, 4.69) is 9.97 Å². The van der Waals surface area contributed by atoms with Crippen LogP contribution in [0.2, 0.25) is 0 Å². The number of benzene rings is 1. The molecule has 2 N–H and O–H groups in total. The fraction of sp³-hybridized carbons (Fsp3) is 0.0625. The lowest BCUT2D eigenvalue weighted by Crippen LogP contribution is -1.97. The van der Waals surface area contributed by atoms with Crippen LogP contribution in [0.3, 0.4) is 0 Å². The van der Waals surface area contributed by atoms with Gasteiger partial charge in [0, 0.05) is 23.3 Å². The van der Waals surface area contributed by atoms with Gasteiger partial charge in [-0.25, -0.2) is 15.0 Å². The Morgan fingerprint density at radius 3 is 2.96 bits per heavy atom. The number of anilines is 1. The van der Waals surface area contributed by atoms with Gasteiger partial charge in [0.1, 0.15) is 11.4 Å². The Morgan fingerprint density at radius 1 is 1.22 bits per heavy atom. The molecule has 0 fully saturated rings. The molecule has 23 heavy (non-hydrogen) atoms. The van der Waals surface area contributed by atoms with Crippen molar-refractivity contribution < 1.29 is 4.74 Å². The molecule has 1 aromatic carbocycles. The second-order valence-electron chi connectivity index (χ2n) is 4.90. The molecule has 0 saturated carbocycles. The minimum absolute atomic E-state index is 0.240. The van der Waals surface area contributed by atoms with Gasteiger partial charge in [0.15, 0.2) is 4.96 Å². The van der Waals surface area contributed by atoms with Crippen LogP contribution in [0.15, 0.2) is 48.1 Å². The van der Waals surface area contributed by atoms with E-state index in [1.807, 2.05) is 46.3 Å². The molecule has 0 spiro atoms. The highest BCUT2D eigenvalue weighted by molar-refractivity contribution is 7.15. The maximum atomic E-state index is 5.75. The van der Waals surface area contributed by atoms with Gasteiger partial charge < -0.3 is 10.5 Å². The number of hydrogen-bond acceptors (Lipinski definition) is 6. The van der Waals surface area contributed by atoms with E-state index < -0.39 is 0 Å². The number of fused-ring (bicyclic) bond motifs is 1. The number of aromatic nitrogens is 4. The quantitative estimate of drug-likeness (QED) is 0.627. The van der Waals surface area contributed by atoms with E-state index in [9.17, 15) is 0 Å². The predicted octanol–water partition coefficient (Wildman–Crippen LogP) is 3.11. The van der Waals surface area contributed by atoms with Gasteiger partial charge >= 0.3 is 0 Å². The van der Waals surface area contributed by atoms with Crippen molar-refractivity contribution in [2.24, 2.45) is 0 Å². The summed E-state index contributed by atoms with van der Waals surface area (Å²) in [5.74, 6) is 1.02. The van der Waals surface area contributed by atoms with E-state index in [4.69, 9.17) is 15.5 Å². The Balaban J connectivity index is 2.00. The Morgan fingerprint density at radius 2 is 2.13 bits per heavy atom. The molecule has 0 aliphatic rings. The number of thiazole rings is 1. The molecular formula is C16H13N5OS. The molecule has 0 bridgehead atoms. The van der Waals surface area contributed by atoms with Crippen LogP contribution in [-0.4, -0.2) is 26.5 Å². The third-order valence-electron chi connectivity index (χ3n) is 3.52. The predicted molar refractivity (Wildman–Crippen MR) is 90.5 cm³/mol. The van der Waals surface area contributed by atoms with Crippen LogP contribution in [-0.2, 0) is 0 Å². The molecule has 0 aliphatic carbocycles. The van der Waals surface area contributed by atoms with Gasteiger partial charge in [-0.15, -0.1) is 11.3 Å². The first-order valence-corrected chi connectivity index (χ1v) is 7.83. The minimum Gasteiger partial charge on any atom is -0.497 e. The van der Waals surface area contributed by atoms with Gasteiger partial charge in [0.05, 0.1) is 18.5 Å². The number of ether oxygens (including phenoxy) is 1. The fourth-order valence-electron chi connectivity index (χ4n) is 2.51. The monoisotopic (exact) mass is 323 g/mol. The zero-order valence-electron chi connectivity index (χ0n) is 12.3. The van der Waals surface area contributed by atoms with Crippen LogP contribution in [0.25, 0.3) is 27.6 Å². The molecule has 3 heterocycles. The van der Waals surface area contributed by atoms with E-state index >= 15 is 0 Å². The van der Waals surface area contributed by atoms with Crippen molar-refractivity contribution in [3.63, 3.8) is 0 Å². The van der Waals surface area contributed by atoms with Crippen molar-refractivity contribution in [2.75, 3.05) is 12.8 Å². The average Bonchev–Trinajstić information content (AvgIpc) is 3.15. The molecule has 114 valence electrons. The topological polar surface area (TPSA) is 78.3 Å². The summed E-state index contributed by atoms with van der Waals surface area (Å²) < 4.78 is 7.33. The number of nitrogen functional groups attached to an aromatic ring is 1. The van der Waals surface area contributed by atoms with Crippen molar-refractivity contribution in [1.82, 2.24) is 19.4 Å². The summed E-state index contributed by atoms with van der Waals surface area (Å²) in [6, 6.07) is 9.65. The summed E-state index contributed by atoms with van der Waals surface area (Å²) >= 11 is 1.57. The number of methoxy groups -OCH3 is 1. The lowest BCUT2D eigenvalue weighted by molar-refractivity contribution is 0.415. The van der Waals surface area contributed by atoms with Crippen LogP contribution in [0.4, 0.5) is 5.95 Å². The van der Waals surface area contributed by atoms with Crippen molar-refractivity contribution in [3.8, 4) is 28.4 Å². The van der Waals surface area contributed by atoms with E-state index in [-0.39, 0.29) is 5.95 Å². The Labute approximate surface area is 136 Å². The van der Waals surface area contributed by atoms with Gasteiger partial charge in [-0.05, 0) is 18.2 Å². The first-order valence-electron chi connectivity index (χ1n) is 6.95. The summed E-state index contributed by atoms with van der Waals surface area (Å²) in [5, 5.41) is 1.99. The van der Waals surface area contributed by atoms with Gasteiger partial charge in [-0.3, -0.25) is 4.40 Å². The highest BCUT2D eigenvalue weighted by Crippen LogP contribution is 2.34. The third-order valence-corrected chi connectivity index (χ3v) is 4.28. The van der Waals surface area contributed by atoms with Crippen molar-refractivity contribution in [3.05, 3.63) is 48.1 Å². The van der Waals surface area contributed by atoms with Crippen LogP contribution >= 0.6 is 11.3 Å². The summed E-state index contributed by atoms with van der Waals surface area (Å²) in [7, 11) is 1.65. The largest absolute Gasteiger partial charge is 0.497 e. The first-order chi connectivity index (χ1) is 11.3. The number of nitrogens with two attached hydrogens (primary N) is 1. The zero-order chi connectivity index (χ0) is 15.8. The minimum atomic E-state index is 0.240. The standard InChI is InChI=1S/C16H13N5OS/c1-22-11-4-2-3-10(9-11)13-14(12-5-6-18-15(17)19-12)21-7-8-23-16(21)20-13/h2-9H,1H3,(H2,17,18,19). The van der Waals surface area contributed by atoms with E-state index in [1.165, 1.54) is 0 Å². The SMILES string of the molecule is COc1cccc(-c2nc3sccn3c2-c2ccnc(N)n2)c1. The van der Waals surface area contributed by atoms with Crippen LogP contribution in [0, 0.1) is 0 Å². The third kappa shape index (κ3) is 2.31. The first kappa shape index (κ1) is 13.7. The number of hydrogen-bond donors (Lipinski definition) is 1. The molecular weight excluding hydrogens is 310 g/mol. The lowest BCUT2D eigenvalue weighted by Gasteiger charge is -2.06. The van der Waals surface area contributed by atoms with E-state index in [0.717, 1.165) is 33.4 Å². The van der Waals surface area contributed by atoms with Gasteiger partial charge in [-0.1, -0.05) is 12.1 Å². The molecule has 0 saturated heterocycles. The molecule has 0 atom stereocenters. The molecule has 0 radical (unpaired) electrons. The molecule has 3 aromatic heterocycles. The lowest BCUT2D eigenvalue weighted by atomic mass is 10.1. The summed E-state index contributed by atoms with van der Waals surface area (Å²) in [6.45, 7) is 0. The molecule has 4 rings (SSSR count). The second-order valence-corrected chi connectivity index (χ2v) is 5.77. The van der Waals surface area contributed by atoms with Crippen LogP contribution in [0.1, 0.15) is 0 Å². The Kier molecular flexibility index (Phi) is 3.20. The smallest absolute Gasteiger partial charge is 0.220 e. The second kappa shape index (κ2) is 5.36. The maximum Gasteiger partial charge on any atom is 0.220 e. The molecule has 0 aliphatic heterocycles. The Hall–Kier alpha value is -2.93. The van der Waals surface area contributed by atoms with Gasteiger partial charge in [-0.2, -0.15) is 0 Å². The highest BCUT2D eigenvalue weighted by Gasteiger charge is 2.18. The summed E-state index contributed by atoms with van der Waals surface area (Å²) in [4.78, 5) is 14.0. The molecule has 4 aromatic rings. The maximum absolute atomic E-state index is 5.75. The van der Waals surface area contributed by atoms with Gasteiger partial charge in [0.25, 0.3) is 0 Å². The summed E-state index contributed by atoms with van der Waals surface area (Å²) in [5.41, 5.74) is 9.19. The average molecular weight is 323 g/mol. The number of imidazole rings is 1. The Bertz CT molecular complexity index is 991. The van der Waals surface area contributed by atoms with Crippen molar-refractivity contribution in [2.45, 2.75) is 0 Å². The summed E-state index contributed by atoms with van der Waals surface area (Å²) in [6.07, 6.45) is 3.63. The van der Waals surface area contributed by atoms with E-state index in [0.29, 0.717) is 0 Å². The molecule has 7 heteroatoms. The number of nitrogens with zero attached hydrogens (tertiary/aromatic N) is 4.